The lowest BCUT2D eigenvalue weighted by molar-refractivity contribution is 0.172. The molecule has 3 nitrogen and oxygen atoms in total. The van der Waals surface area contributed by atoms with Crippen LogP contribution in [-0.4, -0.2) is 25.7 Å². The standard InChI is InChI=1S/C8H8BO3/c10-9-6-1-2-7-8(5-6)12-4-3-11-7/h1-2,5,10H,3-4H2. The maximum atomic E-state index is 8.72. The van der Waals surface area contributed by atoms with Crippen LogP contribution in [0.15, 0.2) is 18.2 Å². The summed E-state index contributed by atoms with van der Waals surface area (Å²) in [7, 11) is 1.04. The monoisotopic (exact) mass is 163 g/mol. The van der Waals surface area contributed by atoms with Gasteiger partial charge in [-0.25, -0.2) is 0 Å². The third kappa shape index (κ3) is 1.25. The van der Waals surface area contributed by atoms with Crippen molar-refractivity contribution in [3.63, 3.8) is 0 Å². The van der Waals surface area contributed by atoms with Crippen LogP contribution in [0.3, 0.4) is 0 Å². The molecule has 0 saturated heterocycles. The average molecular weight is 163 g/mol. The molecule has 0 aliphatic carbocycles. The highest BCUT2D eigenvalue weighted by Crippen LogP contribution is 2.27. The van der Waals surface area contributed by atoms with Gasteiger partial charge in [0.2, 0.25) is 0 Å². The highest BCUT2D eigenvalue weighted by atomic mass is 16.6. The molecule has 1 aliphatic heterocycles. The van der Waals surface area contributed by atoms with Crippen LogP contribution in [0.1, 0.15) is 0 Å². The van der Waals surface area contributed by atoms with Crippen LogP contribution < -0.4 is 14.9 Å². The molecule has 12 heavy (non-hydrogen) atoms. The maximum Gasteiger partial charge on any atom is 0.326 e. The van der Waals surface area contributed by atoms with Gasteiger partial charge in [-0.15, -0.1) is 0 Å². The predicted octanol–water partition coefficient (Wildman–Crippen LogP) is -0.305. The minimum absolute atomic E-state index is 0.571. The normalized spacial score (nSPS) is 14.1. The molecule has 1 heterocycles. The lowest BCUT2D eigenvalue weighted by Gasteiger charge is -2.18. The molecule has 1 aromatic rings. The molecule has 61 valence electrons. The molecule has 0 atom stereocenters. The van der Waals surface area contributed by atoms with Gasteiger partial charge >= 0.3 is 7.48 Å². The summed E-state index contributed by atoms with van der Waals surface area (Å²) in [5.41, 5.74) is 0.722. The predicted molar refractivity (Wildman–Crippen MR) is 45.0 cm³/mol. The van der Waals surface area contributed by atoms with Crippen molar-refractivity contribution in [1.82, 2.24) is 0 Å². The molecule has 0 aromatic heterocycles. The fourth-order valence-corrected chi connectivity index (χ4v) is 1.14. The third-order valence-electron chi connectivity index (χ3n) is 1.72. The Kier molecular flexibility index (Phi) is 1.92. The number of benzene rings is 1. The summed E-state index contributed by atoms with van der Waals surface area (Å²) in [5, 5.41) is 8.72. The molecule has 0 spiro atoms. The summed E-state index contributed by atoms with van der Waals surface area (Å²) in [4.78, 5) is 0. The van der Waals surface area contributed by atoms with Crippen LogP contribution in [0, 0.1) is 0 Å². The topological polar surface area (TPSA) is 38.7 Å². The molecule has 1 radical (unpaired) electrons. The lowest BCUT2D eigenvalue weighted by Crippen LogP contribution is -2.19. The van der Waals surface area contributed by atoms with Crippen molar-refractivity contribution in [1.29, 1.82) is 0 Å². The fourth-order valence-electron chi connectivity index (χ4n) is 1.14. The van der Waals surface area contributed by atoms with E-state index in [0.717, 1.165) is 18.7 Å². The van der Waals surface area contributed by atoms with E-state index in [9.17, 15) is 0 Å². The van der Waals surface area contributed by atoms with Gasteiger partial charge in [-0.1, -0.05) is 6.07 Å². The van der Waals surface area contributed by atoms with Crippen molar-refractivity contribution in [2.75, 3.05) is 13.2 Å². The molecule has 1 aliphatic rings. The van der Waals surface area contributed by atoms with Crippen molar-refractivity contribution < 1.29 is 14.5 Å². The summed E-state index contributed by atoms with van der Waals surface area (Å²) < 4.78 is 10.6. The highest BCUT2D eigenvalue weighted by molar-refractivity contribution is 6.45. The van der Waals surface area contributed by atoms with Crippen molar-refractivity contribution in [3.05, 3.63) is 18.2 Å². The SMILES string of the molecule is O[B]c1ccc2c(c1)OCCO2. The van der Waals surface area contributed by atoms with Crippen molar-refractivity contribution in [2.24, 2.45) is 0 Å². The van der Waals surface area contributed by atoms with Gasteiger partial charge in [0.1, 0.15) is 13.2 Å². The Morgan fingerprint density at radius 1 is 1.17 bits per heavy atom. The Labute approximate surface area is 71.2 Å². The molecule has 0 amide bonds. The largest absolute Gasteiger partial charge is 0.486 e. The number of rotatable bonds is 1. The number of ether oxygens (including phenoxy) is 2. The first-order valence-electron chi connectivity index (χ1n) is 3.77. The maximum absolute atomic E-state index is 8.72. The van der Waals surface area contributed by atoms with E-state index >= 15 is 0 Å². The van der Waals surface area contributed by atoms with E-state index in [0.29, 0.717) is 19.0 Å². The first-order valence-corrected chi connectivity index (χ1v) is 3.77. The van der Waals surface area contributed by atoms with Crippen LogP contribution in [0.4, 0.5) is 0 Å². The third-order valence-corrected chi connectivity index (χ3v) is 1.72. The summed E-state index contributed by atoms with van der Waals surface area (Å²) in [5.74, 6) is 1.44. The van der Waals surface area contributed by atoms with E-state index in [1.165, 1.54) is 0 Å². The molecular weight excluding hydrogens is 155 g/mol. The molecule has 4 heteroatoms. The van der Waals surface area contributed by atoms with E-state index in [1.54, 1.807) is 18.2 Å². The second kappa shape index (κ2) is 3.07. The van der Waals surface area contributed by atoms with Crippen LogP contribution in [0.25, 0.3) is 0 Å². The van der Waals surface area contributed by atoms with Crippen molar-refractivity contribution in [2.45, 2.75) is 0 Å². The van der Waals surface area contributed by atoms with Gasteiger partial charge < -0.3 is 14.5 Å². The number of hydrogen-bond donors (Lipinski definition) is 1. The van der Waals surface area contributed by atoms with Crippen molar-refractivity contribution >= 4 is 12.9 Å². The summed E-state index contributed by atoms with van der Waals surface area (Å²) in [6.45, 7) is 1.16. The fraction of sp³-hybridized carbons (Fsp3) is 0.250. The Morgan fingerprint density at radius 3 is 2.67 bits per heavy atom. The van der Waals surface area contributed by atoms with Crippen LogP contribution in [0.2, 0.25) is 0 Å². The molecule has 0 saturated carbocycles. The first kappa shape index (κ1) is 7.49. The van der Waals surface area contributed by atoms with Gasteiger partial charge in [-0.05, 0) is 17.6 Å². The smallest absolute Gasteiger partial charge is 0.326 e. The van der Waals surface area contributed by atoms with Gasteiger partial charge in [0.15, 0.2) is 11.5 Å². The van der Waals surface area contributed by atoms with E-state index in [2.05, 4.69) is 0 Å². The van der Waals surface area contributed by atoms with E-state index < -0.39 is 0 Å². The number of hydrogen-bond acceptors (Lipinski definition) is 3. The Bertz CT molecular complexity index is 288. The Morgan fingerprint density at radius 2 is 1.92 bits per heavy atom. The highest BCUT2D eigenvalue weighted by Gasteiger charge is 2.11. The molecule has 1 N–H and O–H groups in total. The summed E-state index contributed by atoms with van der Waals surface area (Å²) in [6, 6.07) is 5.30. The lowest BCUT2D eigenvalue weighted by atomic mass is 9.88. The van der Waals surface area contributed by atoms with Crippen molar-refractivity contribution in [3.8, 4) is 11.5 Å². The molecular formula is C8H8BO3. The number of fused-ring (bicyclic) bond motifs is 1. The molecule has 0 unspecified atom stereocenters. The second-order valence-corrected chi connectivity index (χ2v) is 2.53. The van der Waals surface area contributed by atoms with Gasteiger partial charge in [0.25, 0.3) is 0 Å². The molecule has 2 rings (SSSR count). The zero-order valence-corrected chi connectivity index (χ0v) is 6.49. The van der Waals surface area contributed by atoms with E-state index in [4.69, 9.17) is 14.5 Å². The van der Waals surface area contributed by atoms with Gasteiger partial charge in [0.05, 0.1) is 0 Å². The van der Waals surface area contributed by atoms with Crippen LogP contribution in [-0.2, 0) is 0 Å². The van der Waals surface area contributed by atoms with E-state index in [-0.39, 0.29) is 0 Å². The van der Waals surface area contributed by atoms with E-state index in [1.807, 2.05) is 0 Å². The van der Waals surface area contributed by atoms with Gasteiger partial charge in [0, 0.05) is 0 Å². The Balaban J connectivity index is 2.36. The van der Waals surface area contributed by atoms with Gasteiger partial charge in [-0.3, -0.25) is 0 Å². The minimum Gasteiger partial charge on any atom is -0.486 e. The first-order chi connectivity index (χ1) is 5.90. The quantitative estimate of drug-likeness (QED) is 0.577. The molecule has 0 fully saturated rings. The summed E-state index contributed by atoms with van der Waals surface area (Å²) in [6.07, 6.45) is 0. The van der Waals surface area contributed by atoms with Crippen LogP contribution >= 0.6 is 0 Å². The molecule has 1 aromatic carbocycles. The second-order valence-electron chi connectivity index (χ2n) is 2.53. The Hall–Kier alpha value is -1.16. The van der Waals surface area contributed by atoms with Crippen LogP contribution in [0.5, 0.6) is 11.5 Å². The average Bonchev–Trinajstić information content (AvgIpc) is 2.17. The minimum atomic E-state index is 0.571. The summed E-state index contributed by atoms with van der Waals surface area (Å²) >= 11 is 0. The molecule has 0 bridgehead atoms. The zero-order chi connectivity index (χ0) is 8.39. The zero-order valence-electron chi connectivity index (χ0n) is 6.49. The van der Waals surface area contributed by atoms with Gasteiger partial charge in [-0.2, -0.15) is 0 Å².